The number of hydrogen-bond acceptors (Lipinski definition) is 5. The van der Waals surface area contributed by atoms with E-state index in [2.05, 4.69) is 46.8 Å². The first-order valence-electron chi connectivity index (χ1n) is 10.8. The third kappa shape index (κ3) is 8.49. The molecule has 8 nitrogen and oxygen atoms in total. The lowest BCUT2D eigenvalue weighted by atomic mass is 10.1. The maximum absolute atomic E-state index is 11.8. The largest absolute Gasteiger partial charge is 0.494 e. The smallest absolute Gasteiger partial charge is 0.409 e. The SMILES string of the molecule is CCOC(=O)N1CCC(NC(=NC)NCc2ccc(OCCCN(C)C)cc2)CC1. The molecule has 1 aromatic carbocycles. The number of hydrogen-bond donors (Lipinski definition) is 2. The Balaban J connectivity index is 1.70. The van der Waals surface area contributed by atoms with Crippen LogP contribution in [-0.4, -0.2) is 81.9 Å². The van der Waals surface area contributed by atoms with Crippen molar-refractivity contribution in [2.75, 3.05) is 54.0 Å². The zero-order valence-corrected chi connectivity index (χ0v) is 18.8. The molecule has 0 radical (unpaired) electrons. The van der Waals surface area contributed by atoms with Gasteiger partial charge in [-0.1, -0.05) is 12.1 Å². The van der Waals surface area contributed by atoms with Gasteiger partial charge in [-0.2, -0.15) is 0 Å². The molecular formula is C22H37N5O3. The van der Waals surface area contributed by atoms with Crippen molar-refractivity contribution in [3.05, 3.63) is 29.8 Å². The summed E-state index contributed by atoms with van der Waals surface area (Å²) in [6.45, 7) is 6.07. The van der Waals surface area contributed by atoms with Crippen LogP contribution in [0.2, 0.25) is 0 Å². The summed E-state index contributed by atoms with van der Waals surface area (Å²) in [7, 11) is 5.90. The van der Waals surface area contributed by atoms with Gasteiger partial charge in [-0.3, -0.25) is 4.99 Å². The van der Waals surface area contributed by atoms with Gasteiger partial charge in [0.05, 0.1) is 13.2 Å². The number of piperidine rings is 1. The van der Waals surface area contributed by atoms with E-state index >= 15 is 0 Å². The molecule has 1 fully saturated rings. The fourth-order valence-corrected chi connectivity index (χ4v) is 3.27. The van der Waals surface area contributed by atoms with Crippen LogP contribution in [0.25, 0.3) is 0 Å². The summed E-state index contributed by atoms with van der Waals surface area (Å²) in [5.41, 5.74) is 1.16. The van der Waals surface area contributed by atoms with Gasteiger partial charge in [0.15, 0.2) is 5.96 Å². The monoisotopic (exact) mass is 419 g/mol. The normalized spacial score (nSPS) is 15.2. The van der Waals surface area contributed by atoms with E-state index in [1.165, 1.54) is 0 Å². The zero-order chi connectivity index (χ0) is 21.8. The molecule has 1 aliphatic rings. The standard InChI is InChI=1S/C22H37N5O3/c1-5-29-22(28)27-14-11-19(12-15-27)25-21(23-2)24-17-18-7-9-20(10-8-18)30-16-6-13-26(3)4/h7-10,19H,5-6,11-17H2,1-4H3,(H2,23,24,25). The molecule has 0 atom stereocenters. The first-order valence-corrected chi connectivity index (χ1v) is 10.8. The number of ether oxygens (including phenoxy) is 2. The van der Waals surface area contributed by atoms with Crippen LogP contribution in [0.15, 0.2) is 29.3 Å². The van der Waals surface area contributed by atoms with Crippen molar-refractivity contribution in [3.63, 3.8) is 0 Å². The number of carbonyl (C=O) groups excluding carboxylic acids is 1. The fraction of sp³-hybridized carbons (Fsp3) is 0.636. The number of nitrogens with zero attached hydrogens (tertiary/aromatic N) is 3. The van der Waals surface area contributed by atoms with E-state index in [0.29, 0.717) is 32.3 Å². The Hall–Kier alpha value is -2.48. The van der Waals surface area contributed by atoms with E-state index in [-0.39, 0.29) is 6.09 Å². The molecule has 2 N–H and O–H groups in total. The maximum Gasteiger partial charge on any atom is 0.409 e. The van der Waals surface area contributed by atoms with Crippen molar-refractivity contribution < 1.29 is 14.3 Å². The Morgan fingerprint density at radius 1 is 1.23 bits per heavy atom. The van der Waals surface area contributed by atoms with Crippen molar-refractivity contribution in [3.8, 4) is 5.75 Å². The van der Waals surface area contributed by atoms with Crippen LogP contribution in [0.4, 0.5) is 4.79 Å². The van der Waals surface area contributed by atoms with E-state index in [4.69, 9.17) is 9.47 Å². The lowest BCUT2D eigenvalue weighted by Crippen LogP contribution is -2.49. The Bertz CT molecular complexity index is 655. The van der Waals surface area contributed by atoms with Gasteiger partial charge < -0.3 is 29.9 Å². The van der Waals surface area contributed by atoms with Crippen LogP contribution < -0.4 is 15.4 Å². The highest BCUT2D eigenvalue weighted by Gasteiger charge is 2.23. The number of amides is 1. The first kappa shape index (κ1) is 23.8. The minimum absolute atomic E-state index is 0.219. The van der Waals surface area contributed by atoms with Gasteiger partial charge in [0, 0.05) is 39.3 Å². The van der Waals surface area contributed by atoms with Crippen molar-refractivity contribution in [1.82, 2.24) is 20.4 Å². The molecule has 30 heavy (non-hydrogen) atoms. The molecule has 8 heteroatoms. The predicted molar refractivity (Wildman–Crippen MR) is 120 cm³/mol. The second kappa shape index (κ2) is 13.0. The quantitative estimate of drug-likeness (QED) is 0.363. The summed E-state index contributed by atoms with van der Waals surface area (Å²) in [5.74, 6) is 1.67. The van der Waals surface area contributed by atoms with E-state index in [1.54, 1.807) is 11.9 Å². The molecule has 1 amide bonds. The summed E-state index contributed by atoms with van der Waals surface area (Å²) in [4.78, 5) is 20.0. The maximum atomic E-state index is 11.8. The number of benzene rings is 1. The van der Waals surface area contributed by atoms with Crippen LogP contribution in [-0.2, 0) is 11.3 Å². The zero-order valence-electron chi connectivity index (χ0n) is 18.8. The number of aliphatic imine (C=N–C) groups is 1. The van der Waals surface area contributed by atoms with E-state index in [9.17, 15) is 4.79 Å². The predicted octanol–water partition coefficient (Wildman–Crippen LogP) is 2.30. The van der Waals surface area contributed by atoms with Crippen molar-refractivity contribution in [2.24, 2.45) is 4.99 Å². The van der Waals surface area contributed by atoms with Crippen molar-refractivity contribution in [1.29, 1.82) is 0 Å². The highest BCUT2D eigenvalue weighted by Crippen LogP contribution is 2.13. The summed E-state index contributed by atoms with van der Waals surface area (Å²) in [6.07, 6.45) is 2.54. The molecule has 0 aromatic heterocycles. The third-order valence-corrected chi connectivity index (χ3v) is 4.99. The number of nitrogens with one attached hydrogen (secondary N) is 2. The molecule has 0 saturated carbocycles. The van der Waals surface area contributed by atoms with Gasteiger partial charge in [-0.15, -0.1) is 0 Å². The molecule has 2 rings (SSSR count). The second-order valence-corrected chi connectivity index (χ2v) is 7.68. The molecule has 0 unspecified atom stereocenters. The molecular weight excluding hydrogens is 382 g/mol. The summed E-state index contributed by atoms with van der Waals surface area (Å²) < 4.78 is 10.9. The minimum atomic E-state index is -0.219. The molecule has 0 bridgehead atoms. The number of rotatable bonds is 9. The van der Waals surface area contributed by atoms with Gasteiger partial charge in [0.25, 0.3) is 0 Å². The molecule has 1 saturated heterocycles. The first-order chi connectivity index (χ1) is 14.5. The Morgan fingerprint density at radius 2 is 1.93 bits per heavy atom. The molecule has 1 aromatic rings. The molecule has 0 aliphatic carbocycles. The van der Waals surface area contributed by atoms with Crippen molar-refractivity contribution in [2.45, 2.75) is 38.8 Å². The van der Waals surface area contributed by atoms with Gasteiger partial charge >= 0.3 is 6.09 Å². The highest BCUT2D eigenvalue weighted by atomic mass is 16.6. The minimum Gasteiger partial charge on any atom is -0.494 e. The van der Waals surface area contributed by atoms with E-state index in [0.717, 1.165) is 49.7 Å². The Morgan fingerprint density at radius 3 is 2.53 bits per heavy atom. The third-order valence-electron chi connectivity index (χ3n) is 4.99. The summed E-state index contributed by atoms with van der Waals surface area (Å²) in [6, 6.07) is 8.44. The second-order valence-electron chi connectivity index (χ2n) is 7.68. The topological polar surface area (TPSA) is 78.4 Å². The number of likely N-dealkylation sites (tertiary alicyclic amines) is 1. The van der Waals surface area contributed by atoms with E-state index in [1.807, 2.05) is 19.1 Å². The highest BCUT2D eigenvalue weighted by molar-refractivity contribution is 5.80. The molecule has 0 spiro atoms. The van der Waals surface area contributed by atoms with E-state index < -0.39 is 0 Å². The summed E-state index contributed by atoms with van der Waals surface area (Å²) in [5, 5.41) is 6.81. The molecule has 1 heterocycles. The van der Waals surface area contributed by atoms with Crippen LogP contribution in [0.5, 0.6) is 5.75 Å². The number of guanidine groups is 1. The van der Waals surface area contributed by atoms with Gasteiger partial charge in [-0.05, 0) is 58.0 Å². The number of carbonyl (C=O) groups is 1. The molecule has 1 aliphatic heterocycles. The van der Waals surface area contributed by atoms with Gasteiger partial charge in [-0.25, -0.2) is 4.79 Å². The van der Waals surface area contributed by atoms with Crippen LogP contribution in [0, 0.1) is 0 Å². The van der Waals surface area contributed by atoms with Crippen molar-refractivity contribution >= 4 is 12.1 Å². The average Bonchev–Trinajstić information content (AvgIpc) is 2.75. The van der Waals surface area contributed by atoms with Crippen LogP contribution in [0.3, 0.4) is 0 Å². The lowest BCUT2D eigenvalue weighted by molar-refractivity contribution is 0.0963. The van der Waals surface area contributed by atoms with Crippen LogP contribution in [0.1, 0.15) is 31.7 Å². The average molecular weight is 420 g/mol. The Kier molecular flexibility index (Phi) is 10.3. The lowest BCUT2D eigenvalue weighted by Gasteiger charge is -2.32. The Labute approximate surface area is 180 Å². The van der Waals surface area contributed by atoms with Gasteiger partial charge in [0.1, 0.15) is 5.75 Å². The fourth-order valence-electron chi connectivity index (χ4n) is 3.27. The van der Waals surface area contributed by atoms with Crippen LogP contribution >= 0.6 is 0 Å². The van der Waals surface area contributed by atoms with Gasteiger partial charge in [0.2, 0.25) is 0 Å². The molecule has 168 valence electrons. The summed E-state index contributed by atoms with van der Waals surface area (Å²) >= 11 is 0.